The molecule has 0 amide bonds. The third kappa shape index (κ3) is 4.64. The zero-order valence-corrected chi connectivity index (χ0v) is 16.1. The second-order valence-corrected chi connectivity index (χ2v) is 5.84. The summed E-state index contributed by atoms with van der Waals surface area (Å²) < 4.78 is 16.0. The molecule has 29 heavy (non-hydrogen) atoms. The molecule has 3 rings (SSSR count). The number of ether oxygens (including phenoxy) is 3. The van der Waals surface area contributed by atoms with E-state index in [1.165, 1.54) is 18.5 Å². The van der Waals surface area contributed by atoms with E-state index in [1.807, 2.05) is 0 Å². The predicted molar refractivity (Wildman–Crippen MR) is 108 cm³/mol. The number of hydrogen-bond donors (Lipinski definition) is 3. The summed E-state index contributed by atoms with van der Waals surface area (Å²) in [5.41, 5.74) is 1.60. The number of carboxylic acid groups (broad SMARTS) is 1. The Morgan fingerprint density at radius 3 is 1.86 bits per heavy atom. The number of aromatic nitrogens is 2. The highest BCUT2D eigenvalue weighted by molar-refractivity contribution is 5.88. The lowest BCUT2D eigenvalue weighted by molar-refractivity contribution is 0.0697. The summed E-state index contributed by atoms with van der Waals surface area (Å²) in [6.07, 6.45) is 1.41. The maximum atomic E-state index is 10.9. The zero-order valence-electron chi connectivity index (χ0n) is 16.1. The summed E-state index contributed by atoms with van der Waals surface area (Å²) in [4.78, 5) is 19.3. The Bertz CT molecular complexity index is 983. The molecule has 0 spiro atoms. The van der Waals surface area contributed by atoms with E-state index in [0.29, 0.717) is 40.3 Å². The molecular weight excluding hydrogens is 376 g/mol. The number of hydrogen-bond acceptors (Lipinski definition) is 8. The van der Waals surface area contributed by atoms with Crippen LogP contribution in [-0.2, 0) is 0 Å². The summed E-state index contributed by atoms with van der Waals surface area (Å²) in [7, 11) is 4.63. The van der Waals surface area contributed by atoms with Crippen molar-refractivity contribution in [3.63, 3.8) is 0 Å². The summed E-state index contributed by atoms with van der Waals surface area (Å²) >= 11 is 0. The van der Waals surface area contributed by atoms with Crippen molar-refractivity contribution >= 4 is 29.0 Å². The first-order chi connectivity index (χ1) is 14.0. The maximum absolute atomic E-state index is 10.9. The molecule has 3 N–H and O–H groups in total. The number of benzene rings is 2. The molecule has 2 aromatic carbocycles. The molecular formula is C20H20N4O5. The molecule has 9 heteroatoms. The monoisotopic (exact) mass is 396 g/mol. The van der Waals surface area contributed by atoms with Gasteiger partial charge < -0.3 is 30.0 Å². The third-order valence-electron chi connectivity index (χ3n) is 4.01. The standard InChI is InChI=1S/C20H20N4O5/c1-27-15-8-14(9-16(28-2)19(15)29-3)24-18-10-17(21-11-22-18)23-13-6-4-12(5-7-13)20(25)26/h4-11H,1-3H3,(H,25,26)(H2,21,22,23,24). The molecule has 0 bridgehead atoms. The van der Waals surface area contributed by atoms with E-state index in [-0.39, 0.29) is 5.56 Å². The lowest BCUT2D eigenvalue weighted by atomic mass is 10.2. The lowest BCUT2D eigenvalue weighted by Gasteiger charge is -2.15. The number of aromatic carboxylic acids is 1. The van der Waals surface area contributed by atoms with Gasteiger partial charge in [-0.3, -0.25) is 0 Å². The Balaban J connectivity index is 1.80. The summed E-state index contributed by atoms with van der Waals surface area (Å²) in [5, 5.41) is 15.3. The zero-order chi connectivity index (χ0) is 20.8. The van der Waals surface area contributed by atoms with Gasteiger partial charge in [0.25, 0.3) is 0 Å². The van der Waals surface area contributed by atoms with E-state index in [9.17, 15) is 4.79 Å². The third-order valence-corrected chi connectivity index (χ3v) is 4.01. The molecule has 0 unspecified atom stereocenters. The second kappa shape index (κ2) is 8.79. The topological polar surface area (TPSA) is 115 Å². The van der Waals surface area contributed by atoms with Gasteiger partial charge in [-0.2, -0.15) is 0 Å². The highest BCUT2D eigenvalue weighted by Gasteiger charge is 2.13. The van der Waals surface area contributed by atoms with Gasteiger partial charge in [0, 0.05) is 29.6 Å². The summed E-state index contributed by atoms with van der Waals surface area (Å²) in [6, 6.07) is 11.6. The van der Waals surface area contributed by atoms with E-state index >= 15 is 0 Å². The quantitative estimate of drug-likeness (QED) is 0.524. The van der Waals surface area contributed by atoms with Crippen molar-refractivity contribution < 1.29 is 24.1 Å². The van der Waals surface area contributed by atoms with Crippen LogP contribution >= 0.6 is 0 Å². The minimum atomic E-state index is -0.976. The highest BCUT2D eigenvalue weighted by atomic mass is 16.5. The Morgan fingerprint density at radius 2 is 1.38 bits per heavy atom. The number of anilines is 4. The van der Waals surface area contributed by atoms with Gasteiger partial charge in [-0.15, -0.1) is 0 Å². The van der Waals surface area contributed by atoms with Crippen molar-refractivity contribution in [1.29, 1.82) is 0 Å². The van der Waals surface area contributed by atoms with Crippen molar-refractivity contribution in [2.75, 3.05) is 32.0 Å². The van der Waals surface area contributed by atoms with Crippen LogP contribution in [0.5, 0.6) is 17.2 Å². The molecule has 1 aromatic heterocycles. The van der Waals surface area contributed by atoms with Crippen molar-refractivity contribution in [2.45, 2.75) is 0 Å². The van der Waals surface area contributed by atoms with E-state index in [4.69, 9.17) is 19.3 Å². The minimum Gasteiger partial charge on any atom is -0.493 e. The molecule has 0 radical (unpaired) electrons. The van der Waals surface area contributed by atoms with Crippen LogP contribution in [0.3, 0.4) is 0 Å². The molecule has 3 aromatic rings. The van der Waals surface area contributed by atoms with Gasteiger partial charge in [-0.05, 0) is 24.3 Å². The van der Waals surface area contributed by atoms with Crippen LogP contribution in [0.2, 0.25) is 0 Å². The van der Waals surface area contributed by atoms with Gasteiger partial charge in [0.05, 0.1) is 26.9 Å². The largest absolute Gasteiger partial charge is 0.493 e. The van der Waals surface area contributed by atoms with Crippen molar-refractivity contribution in [3.05, 3.63) is 54.4 Å². The molecule has 1 heterocycles. The second-order valence-electron chi connectivity index (χ2n) is 5.84. The van der Waals surface area contributed by atoms with Gasteiger partial charge in [0.15, 0.2) is 11.5 Å². The van der Waals surface area contributed by atoms with Gasteiger partial charge in [-0.25, -0.2) is 14.8 Å². The Labute approximate surface area is 167 Å². The first-order valence-corrected chi connectivity index (χ1v) is 8.53. The number of carbonyl (C=O) groups is 1. The molecule has 0 aliphatic rings. The van der Waals surface area contributed by atoms with Crippen molar-refractivity contribution in [2.24, 2.45) is 0 Å². The van der Waals surface area contributed by atoms with E-state index in [2.05, 4.69) is 20.6 Å². The highest BCUT2D eigenvalue weighted by Crippen LogP contribution is 2.40. The number of rotatable bonds is 8. The number of carboxylic acids is 1. The molecule has 0 fully saturated rings. The summed E-state index contributed by atoms with van der Waals surface area (Å²) in [5.74, 6) is 1.63. The van der Waals surface area contributed by atoms with Crippen LogP contribution in [0.25, 0.3) is 0 Å². The van der Waals surface area contributed by atoms with Crippen LogP contribution in [0.15, 0.2) is 48.8 Å². The summed E-state index contributed by atoms with van der Waals surface area (Å²) in [6.45, 7) is 0. The van der Waals surface area contributed by atoms with Crippen molar-refractivity contribution in [3.8, 4) is 17.2 Å². The average Bonchev–Trinajstić information content (AvgIpc) is 2.73. The smallest absolute Gasteiger partial charge is 0.335 e. The van der Waals surface area contributed by atoms with Crippen LogP contribution in [-0.4, -0.2) is 42.4 Å². The van der Waals surface area contributed by atoms with Crippen LogP contribution < -0.4 is 24.8 Å². The molecule has 0 saturated heterocycles. The van der Waals surface area contributed by atoms with Gasteiger partial charge >= 0.3 is 5.97 Å². The maximum Gasteiger partial charge on any atom is 0.335 e. The van der Waals surface area contributed by atoms with E-state index in [1.54, 1.807) is 51.7 Å². The lowest BCUT2D eigenvalue weighted by Crippen LogP contribution is -2.01. The average molecular weight is 396 g/mol. The van der Waals surface area contributed by atoms with Crippen LogP contribution in [0.1, 0.15) is 10.4 Å². The van der Waals surface area contributed by atoms with E-state index in [0.717, 1.165) is 0 Å². The minimum absolute atomic E-state index is 0.211. The molecule has 0 atom stereocenters. The van der Waals surface area contributed by atoms with Gasteiger partial charge in [0.1, 0.15) is 18.0 Å². The fourth-order valence-electron chi connectivity index (χ4n) is 2.64. The predicted octanol–water partition coefficient (Wildman–Crippen LogP) is 3.69. The molecule has 150 valence electrons. The van der Waals surface area contributed by atoms with Crippen LogP contribution in [0.4, 0.5) is 23.0 Å². The molecule has 0 aliphatic carbocycles. The fraction of sp³-hybridized carbons (Fsp3) is 0.150. The van der Waals surface area contributed by atoms with Crippen LogP contribution in [0, 0.1) is 0 Å². The molecule has 0 saturated carbocycles. The fourth-order valence-corrected chi connectivity index (χ4v) is 2.64. The van der Waals surface area contributed by atoms with Gasteiger partial charge in [0.2, 0.25) is 5.75 Å². The normalized spacial score (nSPS) is 10.2. The molecule has 0 aliphatic heterocycles. The Morgan fingerprint density at radius 1 is 0.828 bits per heavy atom. The van der Waals surface area contributed by atoms with E-state index < -0.39 is 5.97 Å². The number of nitrogens with zero attached hydrogens (tertiary/aromatic N) is 2. The number of nitrogens with one attached hydrogen (secondary N) is 2. The van der Waals surface area contributed by atoms with Crippen molar-refractivity contribution in [1.82, 2.24) is 9.97 Å². The van der Waals surface area contributed by atoms with Gasteiger partial charge in [-0.1, -0.05) is 0 Å². The Hall–Kier alpha value is -4.01. The Kier molecular flexibility index (Phi) is 5.98. The number of methoxy groups -OCH3 is 3. The SMILES string of the molecule is COc1cc(Nc2cc(Nc3ccc(C(=O)O)cc3)ncn2)cc(OC)c1OC. The first-order valence-electron chi connectivity index (χ1n) is 8.53. The first kappa shape index (κ1) is 19.7. The molecule has 9 nitrogen and oxygen atoms in total.